The second-order valence-corrected chi connectivity index (χ2v) is 10.1. The largest absolute Gasteiger partial charge is 0.368 e. The van der Waals surface area contributed by atoms with Gasteiger partial charge in [-0.1, -0.05) is 47.2 Å². The monoisotopic (exact) mass is 474 g/mol. The van der Waals surface area contributed by atoms with Gasteiger partial charge in [0.1, 0.15) is 4.90 Å². The molecule has 1 amide bonds. The van der Waals surface area contributed by atoms with Crippen LogP contribution in [0.5, 0.6) is 0 Å². The molecule has 2 heterocycles. The van der Waals surface area contributed by atoms with Crippen LogP contribution in [0.1, 0.15) is 10.4 Å². The number of hydrogen-bond donors (Lipinski definition) is 3. The highest BCUT2D eigenvalue weighted by Crippen LogP contribution is 2.50. The Bertz CT molecular complexity index is 1300. The number of nitrogens with zero attached hydrogens (tertiary/aromatic N) is 3. The minimum absolute atomic E-state index is 0.0332. The van der Waals surface area contributed by atoms with E-state index in [-0.39, 0.29) is 11.9 Å². The van der Waals surface area contributed by atoms with Crippen LogP contribution in [0.15, 0.2) is 96.0 Å². The van der Waals surface area contributed by atoms with Crippen LogP contribution in [0, 0.1) is 0 Å². The van der Waals surface area contributed by atoms with Gasteiger partial charge in [0.25, 0.3) is 5.91 Å². The summed E-state index contributed by atoms with van der Waals surface area (Å²) in [6, 6.07) is 26.2. The van der Waals surface area contributed by atoms with Gasteiger partial charge in [0.05, 0.1) is 17.2 Å². The molecule has 5 rings (SSSR count). The van der Waals surface area contributed by atoms with E-state index in [4.69, 9.17) is 0 Å². The number of rotatable bonds is 6. The molecule has 174 valence electrons. The van der Waals surface area contributed by atoms with Gasteiger partial charge >= 0.3 is 0 Å². The lowest BCUT2D eigenvalue weighted by Crippen LogP contribution is -2.60. The molecule has 0 atom stereocenters. The van der Waals surface area contributed by atoms with Crippen molar-refractivity contribution in [2.24, 2.45) is 0 Å². The van der Waals surface area contributed by atoms with Crippen LogP contribution in [0.25, 0.3) is 10.9 Å². The highest BCUT2D eigenvalue weighted by molar-refractivity contribution is 8.25. The number of amides is 1. The number of benzene rings is 3. The van der Waals surface area contributed by atoms with Gasteiger partial charge in [0, 0.05) is 43.0 Å². The Labute approximate surface area is 200 Å². The summed E-state index contributed by atoms with van der Waals surface area (Å²) in [5.41, 5.74) is 2.75. The van der Waals surface area contributed by atoms with Crippen molar-refractivity contribution in [3.8, 4) is 0 Å². The number of carbonyl (C=O) groups is 1. The lowest BCUT2D eigenvalue weighted by molar-refractivity contribution is 0.0604. The van der Waals surface area contributed by atoms with Gasteiger partial charge in [-0.05, 0) is 48.5 Å². The number of likely N-dealkylation sites (N-methyl/N-ethyl adjacent to an activating group) is 1. The zero-order chi connectivity index (χ0) is 23.7. The molecule has 0 bridgehead atoms. The Balaban J connectivity index is 1.24. The molecule has 3 N–H and O–H groups in total. The predicted octanol–water partition coefficient (Wildman–Crippen LogP) is 5.33. The van der Waals surface area contributed by atoms with E-state index in [2.05, 4.69) is 26.7 Å². The van der Waals surface area contributed by atoms with Gasteiger partial charge < -0.3 is 9.80 Å². The van der Waals surface area contributed by atoms with Crippen LogP contribution in [-0.2, 0) is 0 Å². The summed E-state index contributed by atoms with van der Waals surface area (Å²) in [5.74, 6) is -0.0332. The Hall–Kier alpha value is -3.59. The average molecular weight is 475 g/mol. The van der Waals surface area contributed by atoms with Gasteiger partial charge in [-0.3, -0.25) is 23.6 Å². The van der Waals surface area contributed by atoms with Crippen molar-refractivity contribution in [2.45, 2.75) is 10.9 Å². The third-order valence-electron chi connectivity index (χ3n) is 6.16. The van der Waals surface area contributed by atoms with Gasteiger partial charge in [0.15, 0.2) is 0 Å². The van der Waals surface area contributed by atoms with Gasteiger partial charge in [-0.2, -0.15) is 0 Å². The number of para-hydroxylation sites is 2. The summed E-state index contributed by atoms with van der Waals surface area (Å²) in [6.07, 6.45) is 1.62. The number of fused-ring (bicyclic) bond motifs is 1. The molecule has 0 radical (unpaired) electrons. The molecular formula is C26H26N4O3S. The van der Waals surface area contributed by atoms with Crippen molar-refractivity contribution in [1.82, 2.24) is 9.88 Å². The third-order valence-corrected chi connectivity index (χ3v) is 7.62. The number of nitrogens with one attached hydrogen (secondary N) is 1. The van der Waals surface area contributed by atoms with Crippen molar-refractivity contribution < 1.29 is 13.9 Å². The maximum absolute atomic E-state index is 12.9. The highest BCUT2D eigenvalue weighted by Gasteiger charge is 2.34. The summed E-state index contributed by atoms with van der Waals surface area (Å²) < 4.78 is 24.5. The first-order valence-corrected chi connectivity index (χ1v) is 12.5. The minimum atomic E-state index is -3.34. The van der Waals surface area contributed by atoms with E-state index in [9.17, 15) is 13.9 Å². The molecule has 8 heteroatoms. The second-order valence-electron chi connectivity index (χ2n) is 8.37. The quantitative estimate of drug-likeness (QED) is 0.350. The molecule has 0 saturated carbocycles. The lowest BCUT2D eigenvalue weighted by Gasteiger charge is -2.45. The Morgan fingerprint density at radius 1 is 0.971 bits per heavy atom. The molecular weight excluding hydrogens is 448 g/mol. The average Bonchev–Trinajstić information content (AvgIpc) is 2.83. The summed E-state index contributed by atoms with van der Waals surface area (Å²) in [5, 5.41) is 0.827. The molecule has 0 aliphatic carbocycles. The topological polar surface area (TPSA) is 88.9 Å². The lowest BCUT2D eigenvalue weighted by atomic mass is 10.0. The maximum Gasteiger partial charge on any atom is 0.253 e. The van der Waals surface area contributed by atoms with Crippen LogP contribution < -0.4 is 9.62 Å². The summed E-state index contributed by atoms with van der Waals surface area (Å²) in [6.45, 7) is 1.33. The maximum atomic E-state index is 12.9. The fourth-order valence-electron chi connectivity index (χ4n) is 4.13. The molecule has 3 aromatic carbocycles. The third kappa shape index (κ3) is 4.31. The van der Waals surface area contributed by atoms with E-state index in [1.54, 1.807) is 48.7 Å². The van der Waals surface area contributed by atoms with E-state index < -0.39 is 10.8 Å². The van der Waals surface area contributed by atoms with E-state index in [1.165, 1.54) is 0 Å². The zero-order valence-electron chi connectivity index (χ0n) is 18.7. The van der Waals surface area contributed by atoms with Crippen molar-refractivity contribution in [3.63, 3.8) is 0 Å². The SMILES string of the molecule is CN(c1ccccc1)C1CN(C(=O)c2ccc(NS(O)(O)c3cccc4cccnc34)cc2)C1. The first kappa shape index (κ1) is 22.2. The van der Waals surface area contributed by atoms with Gasteiger partial charge in [-0.25, -0.2) is 0 Å². The van der Waals surface area contributed by atoms with E-state index in [0.717, 1.165) is 11.1 Å². The van der Waals surface area contributed by atoms with Crippen LogP contribution in [0.3, 0.4) is 0 Å². The fourth-order valence-corrected chi connectivity index (χ4v) is 5.41. The molecule has 1 saturated heterocycles. The molecule has 1 fully saturated rings. The molecule has 1 aliphatic heterocycles. The van der Waals surface area contributed by atoms with Crippen LogP contribution in [0.2, 0.25) is 0 Å². The van der Waals surface area contributed by atoms with Crippen LogP contribution >= 0.6 is 10.8 Å². The number of likely N-dealkylation sites (tertiary alicyclic amines) is 1. The first-order chi connectivity index (χ1) is 16.4. The molecule has 0 spiro atoms. The van der Waals surface area contributed by atoms with Crippen molar-refractivity contribution in [2.75, 3.05) is 29.8 Å². The first-order valence-electron chi connectivity index (χ1n) is 11.0. The molecule has 0 unspecified atom stereocenters. The van der Waals surface area contributed by atoms with Crippen molar-refractivity contribution in [1.29, 1.82) is 0 Å². The van der Waals surface area contributed by atoms with Crippen LogP contribution in [0.4, 0.5) is 11.4 Å². The fraction of sp³-hybridized carbons (Fsp3) is 0.154. The summed E-state index contributed by atoms with van der Waals surface area (Å²) in [7, 11) is -1.29. The predicted molar refractivity (Wildman–Crippen MR) is 137 cm³/mol. The Morgan fingerprint density at radius 2 is 1.68 bits per heavy atom. The number of carbonyl (C=O) groups excluding carboxylic acids is 1. The van der Waals surface area contributed by atoms with Crippen LogP contribution in [-0.4, -0.2) is 51.1 Å². The molecule has 1 aromatic heterocycles. The number of pyridine rings is 1. The highest BCUT2D eigenvalue weighted by atomic mass is 32.3. The zero-order valence-corrected chi connectivity index (χ0v) is 19.5. The smallest absolute Gasteiger partial charge is 0.253 e. The summed E-state index contributed by atoms with van der Waals surface area (Å²) in [4.78, 5) is 21.5. The Morgan fingerprint density at radius 3 is 2.41 bits per heavy atom. The van der Waals surface area contributed by atoms with Crippen molar-refractivity contribution >= 4 is 39.0 Å². The van der Waals surface area contributed by atoms with Gasteiger partial charge in [0.2, 0.25) is 0 Å². The number of hydrogen-bond acceptors (Lipinski definition) is 6. The molecule has 34 heavy (non-hydrogen) atoms. The van der Waals surface area contributed by atoms with Gasteiger partial charge in [-0.15, -0.1) is 0 Å². The minimum Gasteiger partial charge on any atom is -0.368 e. The number of anilines is 2. The molecule has 7 nitrogen and oxygen atoms in total. The normalized spacial score (nSPS) is 14.5. The Kier molecular flexibility index (Phi) is 5.87. The van der Waals surface area contributed by atoms with E-state index >= 15 is 0 Å². The summed E-state index contributed by atoms with van der Waals surface area (Å²) >= 11 is 0. The number of aromatic nitrogens is 1. The second kappa shape index (κ2) is 8.98. The standard InChI is InChI=1S/C26H26N4O3S/c1-29(22-9-3-2-4-10-22)23-17-30(18-23)26(31)20-12-14-21(15-13-20)28-34(32,33)24-11-5-7-19-8-6-16-27-25(19)24/h2-16,23,28,32-33H,17-18H2,1H3. The molecule has 4 aromatic rings. The van der Waals surface area contributed by atoms with E-state index in [0.29, 0.717) is 34.8 Å². The molecule has 1 aliphatic rings. The van der Waals surface area contributed by atoms with E-state index in [1.807, 2.05) is 42.3 Å². The van der Waals surface area contributed by atoms with Crippen molar-refractivity contribution in [3.05, 3.63) is 96.7 Å².